The first-order valence-electron chi connectivity index (χ1n) is 7.46. The zero-order valence-electron chi connectivity index (χ0n) is 12.8. The molecule has 1 aromatic carbocycles. The molecule has 0 saturated carbocycles. The summed E-state index contributed by atoms with van der Waals surface area (Å²) in [5.41, 5.74) is 3.85. The lowest BCUT2D eigenvalue weighted by Gasteiger charge is -2.17. The lowest BCUT2D eigenvalue weighted by Crippen LogP contribution is -2.21. The van der Waals surface area contributed by atoms with Gasteiger partial charge in [0.15, 0.2) is 0 Å². The third kappa shape index (κ3) is 3.94. The molecule has 0 bridgehead atoms. The highest BCUT2D eigenvalue weighted by atomic mass is 15.3. The zero-order valence-corrected chi connectivity index (χ0v) is 12.8. The zero-order chi connectivity index (χ0) is 14.4. The second-order valence-electron chi connectivity index (χ2n) is 5.35. The van der Waals surface area contributed by atoms with Crippen molar-refractivity contribution in [3.8, 4) is 0 Å². The summed E-state index contributed by atoms with van der Waals surface area (Å²) in [5.74, 6) is 0.561. The van der Waals surface area contributed by atoms with Crippen LogP contribution in [0.5, 0.6) is 0 Å². The highest BCUT2D eigenvalue weighted by Crippen LogP contribution is 2.21. The molecule has 0 aliphatic heterocycles. The largest absolute Gasteiger partial charge is 0.316 e. The lowest BCUT2D eigenvalue weighted by atomic mass is 9.93. The van der Waals surface area contributed by atoms with Gasteiger partial charge in [0, 0.05) is 19.3 Å². The van der Waals surface area contributed by atoms with Crippen LogP contribution in [0.15, 0.2) is 36.4 Å². The van der Waals surface area contributed by atoms with Crippen LogP contribution in [-0.2, 0) is 13.5 Å². The highest BCUT2D eigenvalue weighted by Gasteiger charge is 2.12. The van der Waals surface area contributed by atoms with Gasteiger partial charge in [0.25, 0.3) is 0 Å². The minimum Gasteiger partial charge on any atom is -0.316 e. The molecule has 1 aromatic heterocycles. The highest BCUT2D eigenvalue weighted by molar-refractivity contribution is 5.20. The van der Waals surface area contributed by atoms with Gasteiger partial charge in [-0.2, -0.15) is 5.10 Å². The minimum absolute atomic E-state index is 0.561. The Hall–Kier alpha value is -1.61. The van der Waals surface area contributed by atoms with Crippen molar-refractivity contribution in [2.24, 2.45) is 7.05 Å². The van der Waals surface area contributed by atoms with E-state index in [1.165, 1.54) is 11.3 Å². The number of hydrogen-bond donors (Lipinski definition) is 1. The Labute approximate surface area is 122 Å². The number of nitrogens with zero attached hydrogens (tertiary/aromatic N) is 2. The predicted molar refractivity (Wildman–Crippen MR) is 84.0 cm³/mol. The topological polar surface area (TPSA) is 29.9 Å². The fourth-order valence-electron chi connectivity index (χ4n) is 2.65. The summed E-state index contributed by atoms with van der Waals surface area (Å²) < 4.78 is 2.00. The summed E-state index contributed by atoms with van der Waals surface area (Å²) >= 11 is 0. The van der Waals surface area contributed by atoms with E-state index in [2.05, 4.69) is 60.7 Å². The van der Waals surface area contributed by atoms with Gasteiger partial charge in [-0.25, -0.2) is 0 Å². The standard InChI is InChI=1S/C17H25N3/c1-4-18-13-16(15-8-6-5-7-9-15)10-11-17-12-14(2)19-20(17)3/h5-9,12,16,18H,4,10-11,13H2,1-3H3. The number of likely N-dealkylation sites (N-methyl/N-ethyl adjacent to an activating group) is 1. The average molecular weight is 271 g/mol. The van der Waals surface area contributed by atoms with E-state index >= 15 is 0 Å². The maximum absolute atomic E-state index is 4.42. The SMILES string of the molecule is CCNCC(CCc1cc(C)nn1C)c1ccccc1. The van der Waals surface area contributed by atoms with Crippen LogP contribution in [0.1, 0.15) is 36.2 Å². The van der Waals surface area contributed by atoms with Crippen LogP contribution < -0.4 is 5.32 Å². The Morgan fingerprint density at radius 1 is 1.25 bits per heavy atom. The smallest absolute Gasteiger partial charge is 0.0596 e. The molecule has 1 unspecified atom stereocenters. The molecule has 20 heavy (non-hydrogen) atoms. The number of nitrogens with one attached hydrogen (secondary N) is 1. The Balaban J connectivity index is 2.02. The quantitative estimate of drug-likeness (QED) is 0.839. The van der Waals surface area contributed by atoms with Crippen molar-refractivity contribution in [2.75, 3.05) is 13.1 Å². The summed E-state index contributed by atoms with van der Waals surface area (Å²) in [6.45, 7) is 6.27. The molecule has 1 atom stereocenters. The van der Waals surface area contributed by atoms with E-state index in [1.54, 1.807) is 0 Å². The normalized spacial score (nSPS) is 12.6. The molecule has 2 rings (SSSR count). The van der Waals surface area contributed by atoms with E-state index < -0.39 is 0 Å². The summed E-state index contributed by atoms with van der Waals surface area (Å²) in [7, 11) is 2.03. The van der Waals surface area contributed by atoms with Gasteiger partial charge in [0.2, 0.25) is 0 Å². The van der Waals surface area contributed by atoms with E-state index in [1.807, 2.05) is 11.7 Å². The van der Waals surface area contributed by atoms with Gasteiger partial charge in [-0.15, -0.1) is 0 Å². The van der Waals surface area contributed by atoms with Gasteiger partial charge in [-0.1, -0.05) is 37.3 Å². The first kappa shape index (κ1) is 14.8. The van der Waals surface area contributed by atoms with Crippen molar-refractivity contribution in [2.45, 2.75) is 32.6 Å². The molecular formula is C17H25N3. The Morgan fingerprint density at radius 3 is 2.60 bits per heavy atom. The van der Waals surface area contributed by atoms with Gasteiger partial charge in [0.1, 0.15) is 0 Å². The van der Waals surface area contributed by atoms with Crippen molar-refractivity contribution in [1.82, 2.24) is 15.1 Å². The number of aryl methyl sites for hydroxylation is 3. The van der Waals surface area contributed by atoms with Gasteiger partial charge in [-0.3, -0.25) is 4.68 Å². The van der Waals surface area contributed by atoms with Crippen molar-refractivity contribution < 1.29 is 0 Å². The molecule has 0 amide bonds. The van der Waals surface area contributed by atoms with Crippen LogP contribution in [0.3, 0.4) is 0 Å². The van der Waals surface area contributed by atoms with E-state index in [9.17, 15) is 0 Å². The fraction of sp³-hybridized carbons (Fsp3) is 0.471. The molecule has 0 saturated heterocycles. The minimum atomic E-state index is 0.561. The summed E-state index contributed by atoms with van der Waals surface area (Å²) in [6.07, 6.45) is 2.22. The molecule has 108 valence electrons. The first-order chi connectivity index (χ1) is 9.70. The average Bonchev–Trinajstić information content (AvgIpc) is 2.78. The summed E-state index contributed by atoms with van der Waals surface area (Å²) in [6, 6.07) is 13.0. The second kappa shape index (κ2) is 7.25. The monoisotopic (exact) mass is 271 g/mol. The number of benzene rings is 1. The number of rotatable bonds is 7. The second-order valence-corrected chi connectivity index (χ2v) is 5.35. The third-order valence-electron chi connectivity index (χ3n) is 3.76. The predicted octanol–water partition coefficient (Wildman–Crippen LogP) is 3.05. The van der Waals surface area contributed by atoms with Gasteiger partial charge < -0.3 is 5.32 Å². The molecule has 1 N–H and O–H groups in total. The van der Waals surface area contributed by atoms with Crippen LogP contribution in [0.4, 0.5) is 0 Å². The maximum atomic E-state index is 4.42. The van der Waals surface area contributed by atoms with Crippen LogP contribution in [0.25, 0.3) is 0 Å². The van der Waals surface area contributed by atoms with E-state index in [0.717, 1.165) is 31.6 Å². The molecule has 3 heteroatoms. The first-order valence-corrected chi connectivity index (χ1v) is 7.46. The molecule has 0 aliphatic carbocycles. The van der Waals surface area contributed by atoms with Crippen LogP contribution >= 0.6 is 0 Å². The van der Waals surface area contributed by atoms with Crippen molar-refractivity contribution in [3.05, 3.63) is 53.3 Å². The summed E-state index contributed by atoms with van der Waals surface area (Å²) in [4.78, 5) is 0. The Kier molecular flexibility index (Phi) is 5.36. The molecule has 0 radical (unpaired) electrons. The summed E-state index contributed by atoms with van der Waals surface area (Å²) in [5, 5.41) is 7.91. The van der Waals surface area contributed by atoms with Crippen molar-refractivity contribution in [3.63, 3.8) is 0 Å². The van der Waals surface area contributed by atoms with Crippen LogP contribution in [0, 0.1) is 6.92 Å². The Morgan fingerprint density at radius 2 is 2.00 bits per heavy atom. The fourth-order valence-corrected chi connectivity index (χ4v) is 2.65. The van der Waals surface area contributed by atoms with Crippen molar-refractivity contribution in [1.29, 1.82) is 0 Å². The van der Waals surface area contributed by atoms with Gasteiger partial charge in [0.05, 0.1) is 5.69 Å². The number of hydrogen-bond acceptors (Lipinski definition) is 2. The Bertz CT molecular complexity index is 516. The third-order valence-corrected chi connectivity index (χ3v) is 3.76. The van der Waals surface area contributed by atoms with E-state index in [4.69, 9.17) is 0 Å². The van der Waals surface area contributed by atoms with Crippen LogP contribution in [-0.4, -0.2) is 22.9 Å². The molecule has 1 heterocycles. The van der Waals surface area contributed by atoms with Gasteiger partial charge >= 0.3 is 0 Å². The van der Waals surface area contributed by atoms with E-state index in [0.29, 0.717) is 5.92 Å². The van der Waals surface area contributed by atoms with Crippen LogP contribution in [0.2, 0.25) is 0 Å². The number of aromatic nitrogens is 2. The molecular weight excluding hydrogens is 246 g/mol. The van der Waals surface area contributed by atoms with Gasteiger partial charge in [-0.05, 0) is 43.9 Å². The molecule has 0 aliphatic rings. The molecule has 0 spiro atoms. The maximum Gasteiger partial charge on any atom is 0.0596 e. The van der Waals surface area contributed by atoms with Crippen molar-refractivity contribution >= 4 is 0 Å². The molecule has 3 nitrogen and oxygen atoms in total. The lowest BCUT2D eigenvalue weighted by molar-refractivity contribution is 0.549. The molecule has 2 aromatic rings. The molecule has 0 fully saturated rings. The van der Waals surface area contributed by atoms with E-state index in [-0.39, 0.29) is 0 Å².